The van der Waals surface area contributed by atoms with Crippen LogP contribution in [0, 0.1) is 5.92 Å². The van der Waals surface area contributed by atoms with E-state index in [0.29, 0.717) is 5.92 Å². The SMILES string of the molecule is CCc1cc(OC)ccc1CC(C)C. The maximum Gasteiger partial charge on any atom is 0.119 e. The van der Waals surface area contributed by atoms with E-state index in [2.05, 4.69) is 39.0 Å². The highest BCUT2D eigenvalue weighted by Gasteiger charge is 2.04. The molecule has 0 N–H and O–H groups in total. The van der Waals surface area contributed by atoms with E-state index in [4.69, 9.17) is 4.74 Å². The average molecular weight is 192 g/mol. The van der Waals surface area contributed by atoms with Gasteiger partial charge < -0.3 is 4.74 Å². The number of rotatable bonds is 4. The Kier molecular flexibility index (Phi) is 3.99. The van der Waals surface area contributed by atoms with Gasteiger partial charge in [-0.05, 0) is 42.0 Å². The van der Waals surface area contributed by atoms with Gasteiger partial charge in [0.15, 0.2) is 0 Å². The summed E-state index contributed by atoms with van der Waals surface area (Å²) in [5.74, 6) is 1.68. The molecule has 1 rings (SSSR count). The van der Waals surface area contributed by atoms with Crippen molar-refractivity contribution in [3.63, 3.8) is 0 Å². The molecular formula is C13H20O. The smallest absolute Gasteiger partial charge is 0.119 e. The first-order chi connectivity index (χ1) is 6.67. The summed E-state index contributed by atoms with van der Waals surface area (Å²) >= 11 is 0. The van der Waals surface area contributed by atoms with Crippen LogP contribution < -0.4 is 4.74 Å². The second kappa shape index (κ2) is 5.04. The maximum absolute atomic E-state index is 5.22. The van der Waals surface area contributed by atoms with E-state index in [0.717, 1.165) is 18.6 Å². The molecule has 1 aromatic carbocycles. The molecule has 0 saturated carbocycles. The van der Waals surface area contributed by atoms with E-state index in [-0.39, 0.29) is 0 Å². The highest BCUT2D eigenvalue weighted by Crippen LogP contribution is 2.20. The molecule has 0 fully saturated rings. The highest BCUT2D eigenvalue weighted by molar-refractivity contribution is 5.35. The van der Waals surface area contributed by atoms with Crippen LogP contribution in [-0.2, 0) is 12.8 Å². The Hall–Kier alpha value is -0.980. The van der Waals surface area contributed by atoms with Gasteiger partial charge in [0.05, 0.1) is 7.11 Å². The minimum Gasteiger partial charge on any atom is -0.497 e. The van der Waals surface area contributed by atoms with Gasteiger partial charge in [-0.2, -0.15) is 0 Å². The molecule has 0 unspecified atom stereocenters. The van der Waals surface area contributed by atoms with Gasteiger partial charge in [-0.25, -0.2) is 0 Å². The molecule has 0 aliphatic rings. The van der Waals surface area contributed by atoms with Gasteiger partial charge in [-0.15, -0.1) is 0 Å². The van der Waals surface area contributed by atoms with Crippen molar-refractivity contribution in [2.75, 3.05) is 7.11 Å². The van der Waals surface area contributed by atoms with E-state index in [9.17, 15) is 0 Å². The van der Waals surface area contributed by atoms with Crippen molar-refractivity contribution in [3.05, 3.63) is 29.3 Å². The van der Waals surface area contributed by atoms with E-state index >= 15 is 0 Å². The zero-order valence-electron chi connectivity index (χ0n) is 9.63. The summed E-state index contributed by atoms with van der Waals surface area (Å²) in [6, 6.07) is 6.40. The second-order valence-electron chi connectivity index (χ2n) is 4.09. The van der Waals surface area contributed by atoms with E-state index < -0.39 is 0 Å². The lowest BCUT2D eigenvalue weighted by atomic mass is 9.96. The molecule has 0 bridgehead atoms. The summed E-state index contributed by atoms with van der Waals surface area (Å²) in [4.78, 5) is 0. The molecule has 0 aliphatic heterocycles. The number of ether oxygens (including phenoxy) is 1. The molecule has 0 saturated heterocycles. The normalized spacial score (nSPS) is 10.6. The number of hydrogen-bond donors (Lipinski definition) is 0. The molecule has 0 amide bonds. The fourth-order valence-electron chi connectivity index (χ4n) is 1.70. The first-order valence-electron chi connectivity index (χ1n) is 5.33. The second-order valence-corrected chi connectivity index (χ2v) is 4.09. The fourth-order valence-corrected chi connectivity index (χ4v) is 1.70. The van der Waals surface area contributed by atoms with E-state index in [1.165, 1.54) is 11.1 Å². The molecule has 1 heteroatoms. The zero-order valence-corrected chi connectivity index (χ0v) is 9.63. The van der Waals surface area contributed by atoms with Gasteiger partial charge in [-0.1, -0.05) is 26.8 Å². The van der Waals surface area contributed by atoms with Crippen LogP contribution >= 0.6 is 0 Å². The Morgan fingerprint density at radius 3 is 2.43 bits per heavy atom. The van der Waals surface area contributed by atoms with Gasteiger partial charge in [0, 0.05) is 0 Å². The van der Waals surface area contributed by atoms with Crippen molar-refractivity contribution < 1.29 is 4.74 Å². The van der Waals surface area contributed by atoms with Crippen LogP contribution in [0.25, 0.3) is 0 Å². The van der Waals surface area contributed by atoms with Crippen LogP contribution in [0.3, 0.4) is 0 Å². The Morgan fingerprint density at radius 2 is 1.93 bits per heavy atom. The van der Waals surface area contributed by atoms with E-state index in [1.807, 2.05) is 0 Å². The van der Waals surface area contributed by atoms with Gasteiger partial charge in [-0.3, -0.25) is 0 Å². The first-order valence-corrected chi connectivity index (χ1v) is 5.33. The predicted octanol–water partition coefficient (Wildman–Crippen LogP) is 3.46. The molecule has 0 heterocycles. The Bertz CT molecular complexity index is 289. The molecule has 0 atom stereocenters. The predicted molar refractivity (Wildman–Crippen MR) is 60.9 cm³/mol. The lowest BCUT2D eigenvalue weighted by molar-refractivity contribution is 0.414. The lowest BCUT2D eigenvalue weighted by Crippen LogP contribution is -1.99. The van der Waals surface area contributed by atoms with Crippen LogP contribution in [0.15, 0.2) is 18.2 Å². The fraction of sp³-hybridized carbons (Fsp3) is 0.538. The number of benzene rings is 1. The molecule has 14 heavy (non-hydrogen) atoms. The largest absolute Gasteiger partial charge is 0.497 e. The molecule has 78 valence electrons. The maximum atomic E-state index is 5.22. The third kappa shape index (κ3) is 2.76. The summed E-state index contributed by atoms with van der Waals surface area (Å²) in [6.07, 6.45) is 2.24. The van der Waals surface area contributed by atoms with Gasteiger partial charge >= 0.3 is 0 Å². The molecule has 1 aromatic rings. The summed E-state index contributed by atoms with van der Waals surface area (Å²) in [5, 5.41) is 0. The van der Waals surface area contributed by atoms with Gasteiger partial charge in [0.25, 0.3) is 0 Å². The minimum atomic E-state index is 0.716. The summed E-state index contributed by atoms with van der Waals surface area (Å²) in [5.41, 5.74) is 2.88. The zero-order chi connectivity index (χ0) is 10.6. The lowest BCUT2D eigenvalue weighted by Gasteiger charge is -2.11. The Balaban J connectivity index is 2.93. The topological polar surface area (TPSA) is 9.23 Å². The van der Waals surface area contributed by atoms with Gasteiger partial charge in [0.1, 0.15) is 5.75 Å². The number of methoxy groups -OCH3 is 1. The van der Waals surface area contributed by atoms with E-state index in [1.54, 1.807) is 7.11 Å². The van der Waals surface area contributed by atoms with Crippen molar-refractivity contribution in [2.24, 2.45) is 5.92 Å². The molecule has 0 radical (unpaired) electrons. The van der Waals surface area contributed by atoms with Crippen molar-refractivity contribution in [3.8, 4) is 5.75 Å². The van der Waals surface area contributed by atoms with Crippen LogP contribution in [0.2, 0.25) is 0 Å². The van der Waals surface area contributed by atoms with Crippen LogP contribution in [0.5, 0.6) is 5.75 Å². The molecule has 0 aromatic heterocycles. The molecular weight excluding hydrogens is 172 g/mol. The quantitative estimate of drug-likeness (QED) is 0.710. The van der Waals surface area contributed by atoms with Crippen molar-refractivity contribution >= 4 is 0 Å². The molecule has 0 spiro atoms. The summed E-state index contributed by atoms with van der Waals surface area (Å²) < 4.78 is 5.22. The summed E-state index contributed by atoms with van der Waals surface area (Å²) in [6.45, 7) is 6.70. The number of hydrogen-bond acceptors (Lipinski definition) is 1. The van der Waals surface area contributed by atoms with Crippen molar-refractivity contribution in [1.82, 2.24) is 0 Å². The monoisotopic (exact) mass is 192 g/mol. The van der Waals surface area contributed by atoms with Crippen LogP contribution in [0.4, 0.5) is 0 Å². The van der Waals surface area contributed by atoms with Gasteiger partial charge in [0.2, 0.25) is 0 Å². The standard InChI is InChI=1S/C13H20O/c1-5-11-9-13(14-4)7-6-12(11)8-10(2)3/h6-7,9-10H,5,8H2,1-4H3. The Labute approximate surface area is 87.1 Å². The van der Waals surface area contributed by atoms with Crippen LogP contribution in [-0.4, -0.2) is 7.11 Å². The Morgan fingerprint density at radius 1 is 1.21 bits per heavy atom. The first kappa shape index (κ1) is 11.1. The number of aryl methyl sites for hydroxylation is 1. The summed E-state index contributed by atoms with van der Waals surface area (Å²) in [7, 11) is 1.72. The third-order valence-electron chi connectivity index (χ3n) is 2.42. The van der Waals surface area contributed by atoms with Crippen molar-refractivity contribution in [1.29, 1.82) is 0 Å². The van der Waals surface area contributed by atoms with Crippen molar-refractivity contribution in [2.45, 2.75) is 33.6 Å². The third-order valence-corrected chi connectivity index (χ3v) is 2.42. The minimum absolute atomic E-state index is 0.716. The molecule has 0 aliphatic carbocycles. The highest BCUT2D eigenvalue weighted by atomic mass is 16.5. The van der Waals surface area contributed by atoms with Crippen LogP contribution in [0.1, 0.15) is 31.9 Å². The molecule has 1 nitrogen and oxygen atoms in total. The average Bonchev–Trinajstić information content (AvgIpc) is 2.17.